The van der Waals surface area contributed by atoms with Crippen LogP contribution in [0.1, 0.15) is 38.3 Å². The number of benzene rings is 1. The van der Waals surface area contributed by atoms with Crippen LogP contribution in [-0.2, 0) is 11.3 Å². The van der Waals surface area contributed by atoms with E-state index in [1.165, 1.54) is 0 Å². The second kappa shape index (κ2) is 7.31. The Hall–Kier alpha value is -1.53. The van der Waals surface area contributed by atoms with Crippen LogP contribution >= 0.6 is 11.6 Å². The molecule has 0 unspecified atom stereocenters. The highest BCUT2D eigenvalue weighted by Crippen LogP contribution is 2.22. The smallest absolute Gasteiger partial charge is 0.229 e. The molecule has 0 aliphatic carbocycles. The molecule has 4 heteroatoms. The second-order valence-corrected chi connectivity index (χ2v) is 5.82. The average molecular weight is 293 g/mol. The van der Waals surface area contributed by atoms with Crippen LogP contribution in [0.15, 0.2) is 24.3 Å². The molecule has 0 aliphatic rings. The molecule has 0 fully saturated rings. The summed E-state index contributed by atoms with van der Waals surface area (Å²) in [6.07, 6.45) is 0.903. The highest BCUT2D eigenvalue weighted by Gasteiger charge is 2.30. The first-order valence-electron chi connectivity index (χ1n) is 6.79. The Balaban J connectivity index is 2.86. The lowest BCUT2D eigenvalue weighted by Crippen LogP contribution is -2.41. The van der Waals surface area contributed by atoms with Crippen LogP contribution in [0.3, 0.4) is 0 Å². The Morgan fingerprint density at radius 2 is 1.95 bits per heavy atom. The van der Waals surface area contributed by atoms with E-state index in [-0.39, 0.29) is 5.91 Å². The second-order valence-electron chi connectivity index (χ2n) is 5.55. The fourth-order valence-electron chi connectivity index (χ4n) is 1.91. The first-order chi connectivity index (χ1) is 9.44. The molecule has 108 valence electrons. The molecule has 0 aliphatic heterocycles. The topological polar surface area (TPSA) is 44.1 Å². The van der Waals surface area contributed by atoms with Crippen LogP contribution in [-0.4, -0.2) is 23.2 Å². The molecule has 0 saturated heterocycles. The van der Waals surface area contributed by atoms with Crippen molar-refractivity contribution in [1.29, 1.82) is 5.26 Å². The molecule has 1 aromatic carbocycles. The predicted octanol–water partition coefficient (Wildman–Crippen LogP) is 3.56. The van der Waals surface area contributed by atoms with E-state index in [1.54, 1.807) is 12.1 Å². The Labute approximate surface area is 126 Å². The van der Waals surface area contributed by atoms with Gasteiger partial charge in [-0.25, -0.2) is 0 Å². The molecular formula is C16H21ClN2O. The van der Waals surface area contributed by atoms with E-state index in [4.69, 9.17) is 16.9 Å². The summed E-state index contributed by atoms with van der Waals surface area (Å²) in [6.45, 7) is 7.04. The molecule has 0 N–H and O–H groups in total. The summed E-state index contributed by atoms with van der Waals surface area (Å²) in [5.74, 6) is 0.373. The van der Waals surface area contributed by atoms with Gasteiger partial charge in [-0.05, 0) is 38.0 Å². The lowest BCUT2D eigenvalue weighted by atomic mass is 9.94. The van der Waals surface area contributed by atoms with Gasteiger partial charge in [0.05, 0.1) is 17.0 Å². The molecule has 0 aromatic heterocycles. The molecule has 0 radical (unpaired) electrons. The van der Waals surface area contributed by atoms with Crippen molar-refractivity contribution in [2.45, 2.75) is 33.7 Å². The monoisotopic (exact) mass is 292 g/mol. The van der Waals surface area contributed by atoms with Gasteiger partial charge in [-0.2, -0.15) is 5.26 Å². The molecule has 0 heterocycles. The third kappa shape index (κ3) is 4.25. The lowest BCUT2D eigenvalue weighted by Gasteiger charge is -2.30. The zero-order chi connectivity index (χ0) is 15.2. The van der Waals surface area contributed by atoms with Gasteiger partial charge in [-0.3, -0.25) is 4.79 Å². The fraction of sp³-hybridized carbons (Fsp3) is 0.500. The molecule has 3 nitrogen and oxygen atoms in total. The highest BCUT2D eigenvalue weighted by molar-refractivity contribution is 6.19. The van der Waals surface area contributed by atoms with E-state index in [2.05, 4.69) is 6.07 Å². The van der Waals surface area contributed by atoms with Crippen LogP contribution < -0.4 is 0 Å². The minimum atomic E-state index is -0.552. The number of rotatable bonds is 6. The van der Waals surface area contributed by atoms with Crippen LogP contribution in [0.4, 0.5) is 0 Å². The van der Waals surface area contributed by atoms with Crippen molar-refractivity contribution < 1.29 is 4.79 Å². The van der Waals surface area contributed by atoms with Gasteiger partial charge in [0, 0.05) is 19.0 Å². The number of nitriles is 1. The van der Waals surface area contributed by atoms with Crippen molar-refractivity contribution in [2.24, 2.45) is 5.41 Å². The van der Waals surface area contributed by atoms with Crippen molar-refractivity contribution >= 4 is 17.5 Å². The van der Waals surface area contributed by atoms with Crippen molar-refractivity contribution in [3.8, 4) is 6.07 Å². The van der Waals surface area contributed by atoms with Gasteiger partial charge in [0.2, 0.25) is 5.91 Å². The summed E-state index contributed by atoms with van der Waals surface area (Å²) in [4.78, 5) is 14.3. The number of nitrogens with zero attached hydrogens (tertiary/aromatic N) is 2. The molecule has 0 saturated carbocycles. The Morgan fingerprint density at radius 1 is 1.35 bits per heavy atom. The fourth-order valence-corrected chi connectivity index (χ4v) is 2.03. The summed E-state index contributed by atoms with van der Waals surface area (Å²) in [7, 11) is 0. The summed E-state index contributed by atoms with van der Waals surface area (Å²) in [6, 6.07) is 9.42. The van der Waals surface area contributed by atoms with Crippen LogP contribution in [0.2, 0.25) is 0 Å². The Bertz CT molecular complexity index is 488. The molecule has 0 spiro atoms. The molecular weight excluding hydrogens is 272 g/mol. The zero-order valence-corrected chi connectivity index (χ0v) is 13.1. The summed E-state index contributed by atoms with van der Waals surface area (Å²) < 4.78 is 0. The molecule has 0 bridgehead atoms. The first kappa shape index (κ1) is 16.5. The summed E-state index contributed by atoms with van der Waals surface area (Å²) in [5, 5.41) is 8.79. The number of carbonyl (C=O) groups is 1. The van der Waals surface area contributed by atoms with Crippen molar-refractivity contribution in [3.05, 3.63) is 35.4 Å². The largest absolute Gasteiger partial charge is 0.338 e. The molecule has 1 amide bonds. The molecule has 0 atom stereocenters. The van der Waals surface area contributed by atoms with Gasteiger partial charge in [0.15, 0.2) is 0 Å². The maximum absolute atomic E-state index is 12.5. The normalized spacial score (nSPS) is 10.9. The van der Waals surface area contributed by atoms with E-state index < -0.39 is 5.41 Å². The highest BCUT2D eigenvalue weighted by atomic mass is 35.5. The van der Waals surface area contributed by atoms with Crippen LogP contribution in [0, 0.1) is 16.7 Å². The number of hydrogen-bond acceptors (Lipinski definition) is 2. The van der Waals surface area contributed by atoms with Gasteiger partial charge in [0.25, 0.3) is 0 Å². The summed E-state index contributed by atoms with van der Waals surface area (Å²) in [5.41, 5.74) is 1.10. The Kier molecular flexibility index (Phi) is 6.04. The van der Waals surface area contributed by atoms with Gasteiger partial charge in [-0.1, -0.05) is 19.1 Å². The number of amides is 1. The molecule has 20 heavy (non-hydrogen) atoms. The standard InChI is InChI=1S/C16H21ClN2O/c1-4-9-19(15(20)16(2,3)12-17)11-14-7-5-13(10-18)6-8-14/h5-8H,4,9,11-12H2,1-3H3. The number of carbonyl (C=O) groups excluding carboxylic acids is 1. The van der Waals surface area contributed by atoms with Gasteiger partial charge in [0.1, 0.15) is 0 Å². The first-order valence-corrected chi connectivity index (χ1v) is 7.32. The maximum atomic E-state index is 12.5. The van der Waals surface area contributed by atoms with Gasteiger partial charge < -0.3 is 4.90 Å². The van der Waals surface area contributed by atoms with Crippen molar-refractivity contribution in [3.63, 3.8) is 0 Å². The lowest BCUT2D eigenvalue weighted by molar-refractivity contribution is -0.139. The number of halogens is 1. The zero-order valence-electron chi connectivity index (χ0n) is 12.3. The number of alkyl halides is 1. The SMILES string of the molecule is CCCN(Cc1ccc(C#N)cc1)C(=O)C(C)(C)CCl. The summed E-state index contributed by atoms with van der Waals surface area (Å²) >= 11 is 5.89. The number of hydrogen-bond donors (Lipinski definition) is 0. The minimum Gasteiger partial charge on any atom is -0.338 e. The maximum Gasteiger partial charge on any atom is 0.229 e. The van der Waals surface area contributed by atoms with Gasteiger partial charge in [-0.15, -0.1) is 11.6 Å². The van der Waals surface area contributed by atoms with E-state index in [9.17, 15) is 4.79 Å². The Morgan fingerprint density at radius 3 is 2.40 bits per heavy atom. The molecule has 1 rings (SSSR count). The van der Waals surface area contributed by atoms with E-state index in [0.717, 1.165) is 12.0 Å². The van der Waals surface area contributed by atoms with Gasteiger partial charge >= 0.3 is 0 Å². The average Bonchev–Trinajstić information content (AvgIpc) is 2.46. The third-order valence-corrected chi connectivity index (χ3v) is 3.82. The molecule has 1 aromatic rings. The minimum absolute atomic E-state index is 0.0682. The predicted molar refractivity (Wildman–Crippen MR) is 81.4 cm³/mol. The van der Waals surface area contributed by atoms with E-state index in [1.807, 2.05) is 37.8 Å². The quantitative estimate of drug-likeness (QED) is 0.753. The van der Waals surface area contributed by atoms with Crippen LogP contribution in [0.25, 0.3) is 0 Å². The van der Waals surface area contributed by atoms with E-state index >= 15 is 0 Å². The van der Waals surface area contributed by atoms with Crippen LogP contribution in [0.5, 0.6) is 0 Å². The van der Waals surface area contributed by atoms with Crippen molar-refractivity contribution in [2.75, 3.05) is 12.4 Å². The third-order valence-electron chi connectivity index (χ3n) is 3.15. The van der Waals surface area contributed by atoms with E-state index in [0.29, 0.717) is 24.5 Å². The van der Waals surface area contributed by atoms with Crippen molar-refractivity contribution in [1.82, 2.24) is 4.90 Å².